The number of carboxylic acids is 2. The van der Waals surface area contributed by atoms with Gasteiger partial charge in [-0.2, -0.15) is 0 Å². The van der Waals surface area contributed by atoms with Gasteiger partial charge >= 0.3 is 11.9 Å². The molecule has 5 nitrogen and oxygen atoms in total. The average Bonchev–Trinajstić information content (AvgIpc) is 2.29. The van der Waals surface area contributed by atoms with Crippen LogP contribution in [0.1, 0.15) is 12.0 Å². The Labute approximate surface area is 98.2 Å². The maximum absolute atomic E-state index is 10.9. The van der Waals surface area contributed by atoms with E-state index in [-0.39, 0.29) is 12.0 Å². The molecule has 1 atom stereocenters. The smallest absolute Gasteiger partial charge is 0.331 e. The Morgan fingerprint density at radius 2 is 1.82 bits per heavy atom. The average molecular weight is 235 g/mol. The van der Waals surface area contributed by atoms with Gasteiger partial charge in [-0.1, -0.05) is 30.3 Å². The van der Waals surface area contributed by atoms with Gasteiger partial charge in [-0.15, -0.1) is 0 Å². The summed E-state index contributed by atoms with van der Waals surface area (Å²) in [6, 6.07) is 7.59. The predicted octanol–water partition coefficient (Wildman–Crippen LogP) is 0.957. The molecule has 0 aliphatic rings. The third-order valence-corrected chi connectivity index (χ3v) is 2.17. The molecule has 0 bridgehead atoms. The van der Waals surface area contributed by atoms with Gasteiger partial charge in [-0.05, 0) is 11.6 Å². The second kappa shape index (κ2) is 5.81. The predicted molar refractivity (Wildman–Crippen MR) is 62.3 cm³/mol. The van der Waals surface area contributed by atoms with Gasteiger partial charge in [-0.25, -0.2) is 4.79 Å². The molecule has 0 aliphatic carbocycles. The normalized spacial score (nSPS) is 13.1. The van der Waals surface area contributed by atoms with E-state index in [0.717, 1.165) is 0 Å². The Morgan fingerprint density at radius 3 is 2.29 bits per heavy atom. The maximum Gasteiger partial charge on any atom is 0.331 e. The Bertz CT molecular complexity index is 439. The summed E-state index contributed by atoms with van der Waals surface area (Å²) >= 11 is 0. The summed E-state index contributed by atoms with van der Waals surface area (Å²) in [5, 5.41) is 17.6. The van der Waals surface area contributed by atoms with Crippen molar-refractivity contribution in [2.45, 2.75) is 12.5 Å². The first-order valence-electron chi connectivity index (χ1n) is 4.98. The van der Waals surface area contributed by atoms with Crippen LogP contribution in [-0.2, 0) is 9.59 Å². The van der Waals surface area contributed by atoms with Crippen LogP contribution in [0.15, 0.2) is 35.9 Å². The van der Waals surface area contributed by atoms with Crippen LogP contribution in [0.2, 0.25) is 0 Å². The second-order valence-corrected chi connectivity index (χ2v) is 3.53. The van der Waals surface area contributed by atoms with Crippen LogP contribution >= 0.6 is 0 Å². The molecule has 1 rings (SSSR count). The van der Waals surface area contributed by atoms with E-state index in [4.69, 9.17) is 15.9 Å². The van der Waals surface area contributed by atoms with Crippen molar-refractivity contribution in [3.63, 3.8) is 0 Å². The van der Waals surface area contributed by atoms with E-state index >= 15 is 0 Å². The molecule has 1 aromatic rings. The highest BCUT2D eigenvalue weighted by Crippen LogP contribution is 2.11. The fourth-order valence-electron chi connectivity index (χ4n) is 1.28. The molecule has 0 aromatic heterocycles. The lowest BCUT2D eigenvalue weighted by atomic mass is 10.0. The molecular formula is C12H13NO4. The van der Waals surface area contributed by atoms with Crippen molar-refractivity contribution in [2.24, 2.45) is 5.73 Å². The van der Waals surface area contributed by atoms with Gasteiger partial charge in [0.25, 0.3) is 0 Å². The standard InChI is InChI=1S/C12H13NO4/c13-10(12(16)17)7-9(11(14)15)6-8-4-2-1-3-5-8/h1-6,10H,7,13H2,(H,14,15)(H,16,17)/b9-6-/t10-/m0/s1. The van der Waals surface area contributed by atoms with Crippen LogP contribution in [0.3, 0.4) is 0 Å². The van der Waals surface area contributed by atoms with Gasteiger partial charge in [0.2, 0.25) is 0 Å². The number of hydrogen-bond donors (Lipinski definition) is 3. The lowest BCUT2D eigenvalue weighted by Gasteiger charge is -2.07. The summed E-state index contributed by atoms with van der Waals surface area (Å²) in [6.07, 6.45) is 1.21. The monoisotopic (exact) mass is 235 g/mol. The van der Waals surface area contributed by atoms with Crippen LogP contribution in [0.5, 0.6) is 0 Å². The first kappa shape index (κ1) is 12.9. The first-order valence-corrected chi connectivity index (χ1v) is 4.98. The highest BCUT2D eigenvalue weighted by molar-refractivity contribution is 5.93. The molecule has 0 amide bonds. The number of nitrogens with two attached hydrogens (primary N) is 1. The molecule has 90 valence electrons. The van der Waals surface area contributed by atoms with Crippen LogP contribution in [0, 0.1) is 0 Å². The number of carboxylic acid groups (broad SMARTS) is 2. The maximum atomic E-state index is 10.9. The summed E-state index contributed by atoms with van der Waals surface area (Å²) in [4.78, 5) is 21.5. The van der Waals surface area contributed by atoms with Crippen molar-refractivity contribution >= 4 is 18.0 Å². The van der Waals surface area contributed by atoms with Gasteiger partial charge in [-0.3, -0.25) is 4.79 Å². The SMILES string of the molecule is N[C@@H](C/C(=C/c1ccccc1)C(=O)O)C(=O)O. The molecule has 4 N–H and O–H groups in total. The number of rotatable bonds is 5. The van der Waals surface area contributed by atoms with Gasteiger partial charge in [0.15, 0.2) is 0 Å². The minimum atomic E-state index is -1.22. The Morgan fingerprint density at radius 1 is 1.24 bits per heavy atom. The summed E-state index contributed by atoms with van der Waals surface area (Å²) in [5.74, 6) is -2.38. The molecule has 5 heteroatoms. The number of aliphatic carboxylic acids is 2. The van der Waals surface area contributed by atoms with Crippen molar-refractivity contribution in [1.82, 2.24) is 0 Å². The van der Waals surface area contributed by atoms with E-state index in [1.807, 2.05) is 0 Å². The molecular weight excluding hydrogens is 222 g/mol. The van der Waals surface area contributed by atoms with Gasteiger partial charge in [0.05, 0.1) is 0 Å². The van der Waals surface area contributed by atoms with Crippen molar-refractivity contribution < 1.29 is 19.8 Å². The molecule has 0 unspecified atom stereocenters. The fraction of sp³-hybridized carbons (Fsp3) is 0.167. The molecule has 0 heterocycles. The zero-order chi connectivity index (χ0) is 12.8. The van der Waals surface area contributed by atoms with Crippen LogP contribution in [-0.4, -0.2) is 28.2 Å². The third-order valence-electron chi connectivity index (χ3n) is 2.17. The molecule has 0 saturated heterocycles. The molecule has 0 radical (unpaired) electrons. The van der Waals surface area contributed by atoms with Crippen molar-refractivity contribution in [1.29, 1.82) is 0 Å². The molecule has 0 saturated carbocycles. The fourth-order valence-corrected chi connectivity index (χ4v) is 1.28. The summed E-state index contributed by atoms with van der Waals surface area (Å²) in [6.45, 7) is 0. The van der Waals surface area contributed by atoms with Crippen molar-refractivity contribution in [3.05, 3.63) is 41.5 Å². The lowest BCUT2D eigenvalue weighted by molar-refractivity contribution is -0.138. The lowest BCUT2D eigenvalue weighted by Crippen LogP contribution is -2.31. The first-order chi connectivity index (χ1) is 8.00. The topological polar surface area (TPSA) is 101 Å². The minimum absolute atomic E-state index is 0.0221. The van der Waals surface area contributed by atoms with Gasteiger partial charge < -0.3 is 15.9 Å². The quantitative estimate of drug-likeness (QED) is 0.660. The Kier molecular flexibility index (Phi) is 4.42. The van der Waals surface area contributed by atoms with E-state index in [2.05, 4.69) is 0 Å². The van der Waals surface area contributed by atoms with Crippen molar-refractivity contribution in [3.8, 4) is 0 Å². The molecule has 0 aliphatic heterocycles. The summed E-state index contributed by atoms with van der Waals surface area (Å²) < 4.78 is 0. The van der Waals surface area contributed by atoms with Crippen LogP contribution < -0.4 is 5.73 Å². The third kappa shape index (κ3) is 4.08. The molecule has 1 aromatic carbocycles. The Balaban J connectivity index is 2.91. The number of hydrogen-bond acceptors (Lipinski definition) is 3. The number of benzene rings is 1. The zero-order valence-electron chi connectivity index (χ0n) is 9.04. The van der Waals surface area contributed by atoms with Crippen molar-refractivity contribution in [2.75, 3.05) is 0 Å². The van der Waals surface area contributed by atoms with Crippen LogP contribution in [0.25, 0.3) is 6.08 Å². The highest BCUT2D eigenvalue weighted by Gasteiger charge is 2.17. The second-order valence-electron chi connectivity index (χ2n) is 3.53. The van der Waals surface area contributed by atoms with E-state index in [0.29, 0.717) is 5.56 Å². The Hall–Kier alpha value is -2.14. The van der Waals surface area contributed by atoms with Crippen LogP contribution in [0.4, 0.5) is 0 Å². The summed E-state index contributed by atoms with van der Waals surface area (Å²) in [5.41, 5.74) is 5.98. The molecule has 0 spiro atoms. The van der Waals surface area contributed by atoms with E-state index in [9.17, 15) is 9.59 Å². The van der Waals surface area contributed by atoms with E-state index in [1.54, 1.807) is 30.3 Å². The molecule has 0 fully saturated rings. The number of carbonyl (C=O) groups is 2. The zero-order valence-corrected chi connectivity index (χ0v) is 9.04. The van der Waals surface area contributed by atoms with E-state index in [1.165, 1.54) is 6.08 Å². The molecule has 17 heavy (non-hydrogen) atoms. The van der Waals surface area contributed by atoms with Gasteiger partial charge in [0.1, 0.15) is 6.04 Å². The summed E-state index contributed by atoms with van der Waals surface area (Å²) in [7, 11) is 0. The van der Waals surface area contributed by atoms with Gasteiger partial charge in [0, 0.05) is 12.0 Å². The minimum Gasteiger partial charge on any atom is -0.480 e. The highest BCUT2D eigenvalue weighted by atomic mass is 16.4. The largest absolute Gasteiger partial charge is 0.480 e. The van der Waals surface area contributed by atoms with E-state index < -0.39 is 18.0 Å².